The van der Waals surface area contributed by atoms with E-state index in [4.69, 9.17) is 11.6 Å². The second-order valence-electron chi connectivity index (χ2n) is 6.27. The molecule has 3 nitrogen and oxygen atoms in total. The molecular formula is C21H18ClN3. The Kier molecular flexibility index (Phi) is 4.02. The third-order valence-electron chi connectivity index (χ3n) is 4.65. The number of aromatic nitrogens is 2. The Labute approximate surface area is 151 Å². The number of fused-ring (bicyclic) bond motifs is 2. The lowest BCUT2D eigenvalue weighted by molar-refractivity contribution is 0.974. The molecule has 0 bridgehead atoms. The molecule has 2 aromatic heterocycles. The lowest BCUT2D eigenvalue weighted by atomic mass is 9.98. The third kappa shape index (κ3) is 2.81. The number of rotatable bonds is 4. The van der Waals surface area contributed by atoms with Crippen molar-refractivity contribution < 1.29 is 0 Å². The maximum absolute atomic E-state index is 6.35. The van der Waals surface area contributed by atoms with Crippen molar-refractivity contribution in [1.82, 2.24) is 9.97 Å². The molecule has 0 unspecified atom stereocenters. The number of halogens is 1. The fourth-order valence-corrected chi connectivity index (χ4v) is 3.68. The summed E-state index contributed by atoms with van der Waals surface area (Å²) in [5, 5.41) is 2.78. The zero-order valence-corrected chi connectivity index (χ0v) is 14.8. The molecule has 0 atom stereocenters. The van der Waals surface area contributed by atoms with Gasteiger partial charge in [0.1, 0.15) is 5.69 Å². The molecule has 1 N–H and O–H groups in total. The number of H-pyrrole nitrogens is 1. The van der Waals surface area contributed by atoms with Gasteiger partial charge in [-0.25, -0.2) is 4.98 Å². The highest BCUT2D eigenvalue weighted by Crippen LogP contribution is 2.35. The smallest absolute Gasteiger partial charge is 0.155 e. The molecule has 0 amide bonds. The number of hydrogen-bond donors (Lipinski definition) is 1. The maximum atomic E-state index is 6.35. The van der Waals surface area contributed by atoms with Crippen LogP contribution in [0.4, 0.5) is 5.69 Å². The van der Waals surface area contributed by atoms with E-state index in [1.807, 2.05) is 12.1 Å². The molecule has 0 aliphatic rings. The summed E-state index contributed by atoms with van der Waals surface area (Å²) >= 11 is 6.35. The molecular weight excluding hydrogens is 330 g/mol. The molecule has 0 aliphatic carbocycles. The highest BCUT2D eigenvalue weighted by atomic mass is 35.5. The van der Waals surface area contributed by atoms with Crippen LogP contribution >= 0.6 is 11.6 Å². The summed E-state index contributed by atoms with van der Waals surface area (Å²) < 4.78 is 0. The van der Waals surface area contributed by atoms with E-state index >= 15 is 0 Å². The summed E-state index contributed by atoms with van der Waals surface area (Å²) in [4.78, 5) is 12.0. The summed E-state index contributed by atoms with van der Waals surface area (Å²) in [6, 6.07) is 14.6. The normalized spacial score (nSPS) is 11.3. The van der Waals surface area contributed by atoms with Crippen molar-refractivity contribution in [2.24, 2.45) is 4.99 Å². The predicted molar refractivity (Wildman–Crippen MR) is 106 cm³/mol. The van der Waals surface area contributed by atoms with Gasteiger partial charge in [-0.05, 0) is 55.8 Å². The van der Waals surface area contributed by atoms with Crippen molar-refractivity contribution in [3.05, 3.63) is 70.5 Å². The van der Waals surface area contributed by atoms with Gasteiger partial charge < -0.3 is 4.98 Å². The van der Waals surface area contributed by atoms with Crippen molar-refractivity contribution in [3.8, 4) is 0 Å². The first kappa shape index (κ1) is 15.9. The van der Waals surface area contributed by atoms with Crippen LogP contribution in [0.2, 0.25) is 5.15 Å². The Morgan fingerprint density at radius 2 is 1.96 bits per heavy atom. The van der Waals surface area contributed by atoms with Gasteiger partial charge in [0.05, 0.1) is 5.52 Å². The van der Waals surface area contributed by atoms with Gasteiger partial charge in [-0.1, -0.05) is 41.4 Å². The van der Waals surface area contributed by atoms with Gasteiger partial charge in [0.25, 0.3) is 0 Å². The molecule has 0 saturated carbocycles. The minimum atomic E-state index is 0.417. The number of aliphatic imine (C=N–C) groups is 1. The van der Waals surface area contributed by atoms with Crippen molar-refractivity contribution >= 4 is 45.8 Å². The summed E-state index contributed by atoms with van der Waals surface area (Å²) in [6.45, 7) is 5.78. The van der Waals surface area contributed by atoms with Gasteiger partial charge in [0.15, 0.2) is 5.15 Å². The second kappa shape index (κ2) is 6.34. The van der Waals surface area contributed by atoms with Crippen LogP contribution in [0.5, 0.6) is 0 Å². The van der Waals surface area contributed by atoms with Gasteiger partial charge in [-0.2, -0.15) is 0 Å². The second-order valence-corrected chi connectivity index (χ2v) is 6.63. The Balaban J connectivity index is 1.80. The molecule has 0 radical (unpaired) electrons. The summed E-state index contributed by atoms with van der Waals surface area (Å²) in [5.74, 6) is 0. The summed E-state index contributed by atoms with van der Waals surface area (Å²) in [6.07, 6.45) is 3.82. The van der Waals surface area contributed by atoms with E-state index in [2.05, 4.69) is 65.1 Å². The molecule has 0 saturated heterocycles. The Morgan fingerprint density at radius 3 is 2.80 bits per heavy atom. The Morgan fingerprint density at radius 1 is 1.12 bits per heavy atom. The average Bonchev–Trinajstić information content (AvgIpc) is 3.03. The average molecular weight is 348 g/mol. The van der Waals surface area contributed by atoms with Crippen molar-refractivity contribution in [2.45, 2.75) is 19.8 Å². The van der Waals surface area contributed by atoms with Crippen LogP contribution < -0.4 is 0 Å². The number of aromatic amines is 1. The van der Waals surface area contributed by atoms with E-state index in [1.165, 1.54) is 16.5 Å². The van der Waals surface area contributed by atoms with E-state index in [0.717, 1.165) is 34.8 Å². The molecule has 2 aromatic carbocycles. The SMILES string of the molecule is C=Nc1c(Cl)nc2ccc(C)cc2c1CCc1c[nH]c2ccccc12. The molecule has 0 aliphatic heterocycles. The monoisotopic (exact) mass is 347 g/mol. The highest BCUT2D eigenvalue weighted by molar-refractivity contribution is 6.32. The minimum Gasteiger partial charge on any atom is -0.361 e. The van der Waals surface area contributed by atoms with Crippen molar-refractivity contribution in [3.63, 3.8) is 0 Å². The first-order valence-electron chi connectivity index (χ1n) is 8.28. The van der Waals surface area contributed by atoms with E-state index in [-0.39, 0.29) is 0 Å². The van der Waals surface area contributed by atoms with Gasteiger partial charge in [0.2, 0.25) is 0 Å². The van der Waals surface area contributed by atoms with Crippen molar-refractivity contribution in [1.29, 1.82) is 0 Å². The fourth-order valence-electron chi connectivity index (χ4n) is 3.41. The predicted octanol–water partition coefficient (Wildman–Crippen LogP) is 5.80. The molecule has 2 heterocycles. The van der Waals surface area contributed by atoms with Crippen LogP contribution in [0.15, 0.2) is 53.7 Å². The van der Waals surface area contributed by atoms with Crippen LogP contribution in [0, 0.1) is 6.92 Å². The van der Waals surface area contributed by atoms with Crippen LogP contribution in [0.3, 0.4) is 0 Å². The number of benzene rings is 2. The van der Waals surface area contributed by atoms with Gasteiger partial charge in [-0.3, -0.25) is 4.99 Å². The molecule has 4 heteroatoms. The minimum absolute atomic E-state index is 0.417. The molecule has 0 spiro atoms. The number of pyridine rings is 1. The first-order chi connectivity index (χ1) is 12.2. The van der Waals surface area contributed by atoms with Crippen LogP contribution in [-0.2, 0) is 12.8 Å². The van der Waals surface area contributed by atoms with Crippen molar-refractivity contribution in [2.75, 3.05) is 0 Å². The number of para-hydroxylation sites is 1. The van der Waals surface area contributed by atoms with Gasteiger partial charge >= 0.3 is 0 Å². The zero-order chi connectivity index (χ0) is 17.4. The third-order valence-corrected chi connectivity index (χ3v) is 4.92. The largest absolute Gasteiger partial charge is 0.361 e. The Hall–Kier alpha value is -2.65. The van der Waals surface area contributed by atoms with Crippen LogP contribution in [0.1, 0.15) is 16.7 Å². The van der Waals surface area contributed by atoms with E-state index in [1.54, 1.807) is 0 Å². The van der Waals surface area contributed by atoms with Gasteiger partial charge in [-0.15, -0.1) is 0 Å². The van der Waals surface area contributed by atoms with Crippen LogP contribution in [0.25, 0.3) is 21.8 Å². The van der Waals surface area contributed by atoms with Crippen LogP contribution in [-0.4, -0.2) is 16.7 Å². The zero-order valence-electron chi connectivity index (χ0n) is 14.0. The molecule has 4 rings (SSSR count). The molecule has 124 valence electrons. The number of nitrogens with one attached hydrogen (secondary N) is 1. The maximum Gasteiger partial charge on any atom is 0.155 e. The topological polar surface area (TPSA) is 41.0 Å². The standard InChI is InChI=1S/C21H18ClN3/c1-13-7-10-19-17(11-13)16(20(23-2)21(22)25-19)9-8-14-12-24-18-6-4-3-5-15(14)18/h3-7,10-12,24H,2,8-9H2,1H3. The van der Waals surface area contributed by atoms with E-state index in [0.29, 0.717) is 10.8 Å². The van der Waals surface area contributed by atoms with E-state index < -0.39 is 0 Å². The molecule has 4 aromatic rings. The summed E-state index contributed by atoms with van der Waals surface area (Å²) in [5.41, 5.74) is 6.35. The lowest BCUT2D eigenvalue weighted by Gasteiger charge is -2.12. The van der Waals surface area contributed by atoms with E-state index in [9.17, 15) is 0 Å². The summed E-state index contributed by atoms with van der Waals surface area (Å²) in [7, 11) is 0. The number of nitrogens with zero attached hydrogens (tertiary/aromatic N) is 2. The number of aryl methyl sites for hydroxylation is 3. The Bertz CT molecular complexity index is 1100. The molecule has 0 fully saturated rings. The lowest BCUT2D eigenvalue weighted by Crippen LogP contribution is -1.96. The first-order valence-corrected chi connectivity index (χ1v) is 8.65. The molecule has 25 heavy (non-hydrogen) atoms. The quantitative estimate of drug-likeness (QED) is 0.368. The van der Waals surface area contributed by atoms with Gasteiger partial charge in [0, 0.05) is 22.5 Å². The number of hydrogen-bond acceptors (Lipinski definition) is 2. The fraction of sp³-hybridized carbons (Fsp3) is 0.143. The highest BCUT2D eigenvalue weighted by Gasteiger charge is 2.14.